The Labute approximate surface area is 178 Å². The van der Waals surface area contributed by atoms with E-state index in [0.29, 0.717) is 17.0 Å². The average molecular weight is 428 g/mol. The molecule has 0 radical (unpaired) electrons. The molecule has 0 bridgehead atoms. The van der Waals surface area contributed by atoms with Crippen molar-refractivity contribution in [2.75, 3.05) is 13.1 Å². The van der Waals surface area contributed by atoms with Gasteiger partial charge in [0.25, 0.3) is 5.56 Å². The van der Waals surface area contributed by atoms with Crippen molar-refractivity contribution in [1.29, 1.82) is 0 Å². The fourth-order valence-electron chi connectivity index (χ4n) is 3.72. The van der Waals surface area contributed by atoms with E-state index < -0.39 is 0 Å². The highest BCUT2D eigenvalue weighted by Crippen LogP contribution is 2.31. The van der Waals surface area contributed by atoms with E-state index in [1.165, 1.54) is 35.9 Å². The molecule has 5 nitrogen and oxygen atoms in total. The SMILES string of the molecule is CC(SCc1nc2scc(-c3ccccc3)c2c(=O)[nH]1)C(=O)N1CCCCCC1. The van der Waals surface area contributed by atoms with E-state index >= 15 is 0 Å². The maximum Gasteiger partial charge on any atom is 0.260 e. The number of benzene rings is 1. The van der Waals surface area contributed by atoms with Gasteiger partial charge in [-0.2, -0.15) is 0 Å². The molecule has 29 heavy (non-hydrogen) atoms. The lowest BCUT2D eigenvalue weighted by molar-refractivity contribution is -0.130. The molecule has 3 heterocycles. The van der Waals surface area contributed by atoms with Crippen LogP contribution in [-0.2, 0) is 10.5 Å². The summed E-state index contributed by atoms with van der Waals surface area (Å²) >= 11 is 3.03. The number of carbonyl (C=O) groups is 1. The second-order valence-electron chi connectivity index (χ2n) is 7.40. The topological polar surface area (TPSA) is 66.1 Å². The predicted molar refractivity (Wildman–Crippen MR) is 121 cm³/mol. The van der Waals surface area contributed by atoms with Gasteiger partial charge in [-0.1, -0.05) is 43.2 Å². The summed E-state index contributed by atoms with van der Waals surface area (Å²) in [5.74, 6) is 1.34. The molecule has 1 aliphatic rings. The zero-order valence-corrected chi connectivity index (χ0v) is 18.2. The largest absolute Gasteiger partial charge is 0.342 e. The smallest absolute Gasteiger partial charge is 0.260 e. The minimum absolute atomic E-state index is 0.114. The lowest BCUT2D eigenvalue weighted by atomic mass is 10.1. The Balaban J connectivity index is 1.47. The van der Waals surface area contributed by atoms with Gasteiger partial charge in [0.1, 0.15) is 10.7 Å². The summed E-state index contributed by atoms with van der Waals surface area (Å²) in [5.41, 5.74) is 1.82. The maximum absolute atomic E-state index is 12.7. The van der Waals surface area contributed by atoms with E-state index in [9.17, 15) is 9.59 Å². The highest BCUT2D eigenvalue weighted by Gasteiger charge is 2.22. The first-order valence-corrected chi connectivity index (χ1v) is 12.0. The Morgan fingerprint density at radius 3 is 2.66 bits per heavy atom. The van der Waals surface area contributed by atoms with Crippen molar-refractivity contribution in [3.05, 3.63) is 51.9 Å². The average Bonchev–Trinajstić information content (AvgIpc) is 2.99. The van der Waals surface area contributed by atoms with E-state index in [-0.39, 0.29) is 16.7 Å². The van der Waals surface area contributed by atoms with Gasteiger partial charge in [0.15, 0.2) is 0 Å². The first-order valence-electron chi connectivity index (χ1n) is 10.1. The Morgan fingerprint density at radius 2 is 1.93 bits per heavy atom. The molecule has 1 unspecified atom stereocenters. The molecule has 0 saturated carbocycles. The van der Waals surface area contributed by atoms with Crippen LogP contribution in [0.1, 0.15) is 38.4 Å². The molecule has 1 aliphatic heterocycles. The number of nitrogens with one attached hydrogen (secondary N) is 1. The summed E-state index contributed by atoms with van der Waals surface area (Å²) < 4.78 is 0. The van der Waals surface area contributed by atoms with Gasteiger partial charge in [0.2, 0.25) is 5.91 Å². The number of fused-ring (bicyclic) bond motifs is 1. The molecule has 4 rings (SSSR count). The van der Waals surface area contributed by atoms with Crippen molar-refractivity contribution >= 4 is 39.2 Å². The van der Waals surface area contributed by atoms with Crippen LogP contribution < -0.4 is 5.56 Å². The van der Waals surface area contributed by atoms with Crippen molar-refractivity contribution in [2.24, 2.45) is 0 Å². The maximum atomic E-state index is 12.7. The Hall–Kier alpha value is -2.12. The van der Waals surface area contributed by atoms with Crippen LogP contribution in [-0.4, -0.2) is 39.1 Å². The third kappa shape index (κ3) is 4.56. The zero-order valence-electron chi connectivity index (χ0n) is 16.5. The minimum atomic E-state index is -0.141. The number of carbonyl (C=O) groups excluding carboxylic acids is 1. The van der Waals surface area contributed by atoms with Crippen LogP contribution in [0.25, 0.3) is 21.3 Å². The van der Waals surface area contributed by atoms with Crippen molar-refractivity contribution in [3.63, 3.8) is 0 Å². The van der Waals surface area contributed by atoms with Crippen LogP contribution in [0, 0.1) is 0 Å². The number of amides is 1. The monoisotopic (exact) mass is 427 g/mol. The molecule has 152 valence electrons. The number of thiophene rings is 1. The third-order valence-electron chi connectivity index (χ3n) is 5.31. The molecule has 7 heteroatoms. The number of H-pyrrole nitrogens is 1. The Bertz CT molecular complexity index is 1040. The van der Waals surface area contributed by atoms with Gasteiger partial charge in [-0.15, -0.1) is 23.1 Å². The number of rotatable bonds is 5. The van der Waals surface area contributed by atoms with E-state index in [1.807, 2.05) is 47.5 Å². The molecule has 1 amide bonds. The molecule has 3 aromatic rings. The van der Waals surface area contributed by atoms with Crippen molar-refractivity contribution in [3.8, 4) is 11.1 Å². The van der Waals surface area contributed by atoms with Crippen molar-refractivity contribution in [2.45, 2.75) is 43.6 Å². The number of thioether (sulfide) groups is 1. The normalized spacial score (nSPS) is 16.0. The number of hydrogen-bond acceptors (Lipinski definition) is 5. The fraction of sp³-hybridized carbons (Fsp3) is 0.409. The second kappa shape index (κ2) is 9.13. The highest BCUT2D eigenvalue weighted by molar-refractivity contribution is 7.99. The number of aromatic nitrogens is 2. The van der Waals surface area contributed by atoms with Gasteiger partial charge < -0.3 is 9.88 Å². The molecular weight excluding hydrogens is 402 g/mol. The van der Waals surface area contributed by atoms with E-state index in [4.69, 9.17) is 0 Å². The summed E-state index contributed by atoms with van der Waals surface area (Å²) in [7, 11) is 0. The van der Waals surface area contributed by atoms with Crippen molar-refractivity contribution in [1.82, 2.24) is 14.9 Å². The van der Waals surface area contributed by atoms with Crippen LogP contribution >= 0.6 is 23.1 Å². The molecule has 1 aromatic carbocycles. The molecule has 0 spiro atoms. The standard InChI is InChI=1S/C22H25N3O2S2/c1-15(22(27)25-11-7-2-3-8-12-25)28-14-18-23-20(26)19-17(13-29-21(19)24-18)16-9-5-4-6-10-16/h4-6,9-10,13,15H,2-3,7-8,11-12,14H2,1H3,(H,23,24,26). The second-order valence-corrected chi connectivity index (χ2v) is 9.59. The first kappa shape index (κ1) is 20.2. The fourth-order valence-corrected chi connectivity index (χ4v) is 5.52. The quantitative estimate of drug-likeness (QED) is 0.642. The number of aromatic amines is 1. The molecule has 1 fully saturated rings. The Kier molecular flexibility index (Phi) is 6.35. The van der Waals surface area contributed by atoms with Crippen LogP contribution in [0.4, 0.5) is 0 Å². The molecular formula is C22H25N3O2S2. The first-order chi connectivity index (χ1) is 14.1. The summed E-state index contributed by atoms with van der Waals surface area (Å²) in [4.78, 5) is 35.8. The van der Waals surface area contributed by atoms with Crippen LogP contribution in [0.15, 0.2) is 40.5 Å². The summed E-state index contributed by atoms with van der Waals surface area (Å²) in [6.07, 6.45) is 4.61. The zero-order chi connectivity index (χ0) is 20.2. The van der Waals surface area contributed by atoms with Gasteiger partial charge in [0.05, 0.1) is 16.4 Å². The lowest BCUT2D eigenvalue weighted by Gasteiger charge is -2.23. The molecule has 1 saturated heterocycles. The molecule has 1 N–H and O–H groups in total. The van der Waals surface area contributed by atoms with E-state index in [1.54, 1.807) is 0 Å². The number of nitrogens with zero attached hydrogens (tertiary/aromatic N) is 2. The Morgan fingerprint density at radius 1 is 1.21 bits per heavy atom. The molecule has 2 aromatic heterocycles. The van der Waals surface area contributed by atoms with E-state index in [0.717, 1.165) is 41.9 Å². The minimum Gasteiger partial charge on any atom is -0.342 e. The third-order valence-corrected chi connectivity index (χ3v) is 7.33. The molecule has 0 aliphatic carbocycles. The van der Waals surface area contributed by atoms with Crippen molar-refractivity contribution < 1.29 is 4.79 Å². The predicted octanol–water partition coefficient (Wildman–Crippen LogP) is 4.68. The van der Waals surface area contributed by atoms with Crippen LogP contribution in [0.3, 0.4) is 0 Å². The van der Waals surface area contributed by atoms with Crippen LogP contribution in [0.2, 0.25) is 0 Å². The molecule has 1 atom stereocenters. The lowest BCUT2D eigenvalue weighted by Crippen LogP contribution is -2.37. The summed E-state index contributed by atoms with van der Waals surface area (Å²) in [6, 6.07) is 9.90. The van der Waals surface area contributed by atoms with E-state index in [2.05, 4.69) is 9.97 Å². The number of likely N-dealkylation sites (tertiary alicyclic amines) is 1. The van der Waals surface area contributed by atoms with Crippen LogP contribution in [0.5, 0.6) is 0 Å². The van der Waals surface area contributed by atoms with Gasteiger partial charge >= 0.3 is 0 Å². The number of hydrogen-bond donors (Lipinski definition) is 1. The van der Waals surface area contributed by atoms with Gasteiger partial charge in [0, 0.05) is 24.0 Å². The highest BCUT2D eigenvalue weighted by atomic mass is 32.2. The van der Waals surface area contributed by atoms with Gasteiger partial charge in [-0.05, 0) is 25.3 Å². The van der Waals surface area contributed by atoms with Gasteiger partial charge in [-0.3, -0.25) is 9.59 Å². The summed E-state index contributed by atoms with van der Waals surface area (Å²) in [5, 5.41) is 2.49. The summed E-state index contributed by atoms with van der Waals surface area (Å²) in [6.45, 7) is 3.68. The van der Waals surface area contributed by atoms with Gasteiger partial charge in [-0.25, -0.2) is 4.98 Å².